The van der Waals surface area contributed by atoms with E-state index in [1.165, 1.54) is 38.5 Å². The van der Waals surface area contributed by atoms with Gasteiger partial charge < -0.3 is 0 Å². The average molecular weight is 387 g/mol. The van der Waals surface area contributed by atoms with Gasteiger partial charge in [0.05, 0.1) is 0 Å². The highest BCUT2D eigenvalue weighted by atomic mass is 14.6. The first kappa shape index (κ1) is 23.8. The van der Waals surface area contributed by atoms with Crippen LogP contribution in [0.25, 0.3) is 0 Å². The zero-order valence-electron chi connectivity index (χ0n) is 20.4. The summed E-state index contributed by atoms with van der Waals surface area (Å²) in [6.45, 7) is 24.1. The summed E-state index contributed by atoms with van der Waals surface area (Å²) in [6, 6.07) is 0. The molecule has 0 aromatic heterocycles. The molecule has 0 nitrogen and oxygen atoms in total. The Bertz CT molecular complexity index is 522. The van der Waals surface area contributed by atoms with Gasteiger partial charge in [-0.2, -0.15) is 0 Å². The van der Waals surface area contributed by atoms with Crippen molar-refractivity contribution in [1.29, 1.82) is 0 Å². The van der Waals surface area contributed by atoms with E-state index < -0.39 is 0 Å². The van der Waals surface area contributed by atoms with Gasteiger partial charge in [0.25, 0.3) is 0 Å². The number of rotatable bonds is 7. The van der Waals surface area contributed by atoms with Crippen molar-refractivity contribution in [2.75, 3.05) is 0 Å². The monoisotopic (exact) mass is 386 g/mol. The molecule has 0 spiro atoms. The molecule has 0 aromatic rings. The van der Waals surface area contributed by atoms with Crippen molar-refractivity contribution < 1.29 is 0 Å². The van der Waals surface area contributed by atoms with Crippen LogP contribution in [0, 0.1) is 58.7 Å². The van der Waals surface area contributed by atoms with Gasteiger partial charge in [0.2, 0.25) is 0 Å². The molecule has 0 saturated heterocycles. The molecular weight excluding hydrogens is 336 g/mol. The minimum Gasteiger partial charge on any atom is -0.133 e. The molecular formula is C28H50. The summed E-state index contributed by atoms with van der Waals surface area (Å²) in [5, 5.41) is 0. The Morgan fingerprint density at radius 1 is 1.07 bits per heavy atom. The highest BCUT2D eigenvalue weighted by molar-refractivity contribution is 5.01. The molecule has 2 rings (SSSR count). The number of hydrogen-bond acceptors (Lipinski definition) is 0. The quantitative estimate of drug-likeness (QED) is 0.383. The zero-order valence-corrected chi connectivity index (χ0v) is 20.4. The normalized spacial score (nSPS) is 39.9. The van der Waals surface area contributed by atoms with E-state index in [1.54, 1.807) is 0 Å². The standard InChI is InChI=1S/C28H50/c1-10-13-14-19(4)21(6)17-26-23(11-2)18-25-20(5)15-16-24(12-3)28(8,9)27(26)22(25)7/h13,19-27H,1,11-12,14-18H2,2-9H3. The summed E-state index contributed by atoms with van der Waals surface area (Å²) in [5.74, 6) is 7.84. The fraction of sp³-hybridized carbons (Fsp3) is 0.893. The van der Waals surface area contributed by atoms with Crippen LogP contribution < -0.4 is 0 Å². The molecule has 2 saturated carbocycles. The third-order valence-electron chi connectivity index (χ3n) is 9.76. The molecule has 162 valence electrons. The summed E-state index contributed by atoms with van der Waals surface area (Å²) in [5.41, 5.74) is 3.46. The number of hydrogen-bond donors (Lipinski definition) is 0. The largest absolute Gasteiger partial charge is 0.133 e. The molecule has 2 aliphatic rings. The molecule has 0 N–H and O–H groups in total. The van der Waals surface area contributed by atoms with Gasteiger partial charge in [-0.05, 0) is 90.4 Å². The maximum Gasteiger partial charge on any atom is -0.0246 e. The Hall–Kier alpha value is -0.480. The second-order valence-electron chi connectivity index (χ2n) is 11.4. The van der Waals surface area contributed by atoms with Crippen LogP contribution in [-0.4, -0.2) is 0 Å². The van der Waals surface area contributed by atoms with Crippen molar-refractivity contribution in [1.82, 2.24) is 0 Å². The first-order chi connectivity index (χ1) is 13.2. The number of allylic oxidation sites excluding steroid dienone is 1. The third kappa shape index (κ3) is 4.80. The fourth-order valence-corrected chi connectivity index (χ4v) is 7.69. The predicted octanol–water partition coefficient (Wildman–Crippen LogP) is 8.78. The maximum atomic E-state index is 3.77. The van der Waals surface area contributed by atoms with Crippen LogP contribution in [0.4, 0.5) is 0 Å². The molecule has 0 amide bonds. The van der Waals surface area contributed by atoms with E-state index in [4.69, 9.17) is 0 Å². The van der Waals surface area contributed by atoms with Crippen molar-refractivity contribution in [3.8, 4) is 0 Å². The van der Waals surface area contributed by atoms with Gasteiger partial charge in [-0.1, -0.05) is 81.2 Å². The molecule has 0 heterocycles. The van der Waals surface area contributed by atoms with E-state index in [2.05, 4.69) is 73.8 Å². The fourth-order valence-electron chi connectivity index (χ4n) is 7.69. The van der Waals surface area contributed by atoms with Gasteiger partial charge in [0.1, 0.15) is 0 Å². The molecule has 0 heteroatoms. The lowest BCUT2D eigenvalue weighted by Gasteiger charge is -2.58. The number of fused-ring (bicyclic) bond motifs is 2. The van der Waals surface area contributed by atoms with Crippen LogP contribution in [-0.2, 0) is 0 Å². The van der Waals surface area contributed by atoms with Gasteiger partial charge >= 0.3 is 0 Å². The smallest absolute Gasteiger partial charge is 0.0246 e. The molecule has 2 bridgehead atoms. The van der Waals surface area contributed by atoms with Crippen LogP contribution >= 0.6 is 0 Å². The average Bonchev–Trinajstić information content (AvgIpc) is 2.65. The van der Waals surface area contributed by atoms with Gasteiger partial charge in [-0.15, -0.1) is 5.73 Å². The third-order valence-corrected chi connectivity index (χ3v) is 9.76. The first-order valence-corrected chi connectivity index (χ1v) is 12.5. The van der Waals surface area contributed by atoms with E-state index in [1.807, 2.05) is 0 Å². The highest BCUT2D eigenvalue weighted by Gasteiger charge is 2.52. The van der Waals surface area contributed by atoms with E-state index in [-0.39, 0.29) is 0 Å². The Balaban J connectivity index is 2.37. The first-order valence-electron chi connectivity index (χ1n) is 12.5. The molecule has 0 aliphatic heterocycles. The minimum atomic E-state index is 0.467. The summed E-state index contributed by atoms with van der Waals surface area (Å²) in [4.78, 5) is 0. The van der Waals surface area contributed by atoms with Crippen LogP contribution in [0.1, 0.15) is 100 Å². The summed E-state index contributed by atoms with van der Waals surface area (Å²) in [7, 11) is 0. The lowest BCUT2D eigenvalue weighted by atomic mass is 9.47. The van der Waals surface area contributed by atoms with E-state index >= 15 is 0 Å². The molecule has 2 aliphatic carbocycles. The summed E-state index contributed by atoms with van der Waals surface area (Å²) in [6.07, 6.45) is 11.8. The molecule has 0 aromatic carbocycles. The summed E-state index contributed by atoms with van der Waals surface area (Å²) < 4.78 is 0. The summed E-state index contributed by atoms with van der Waals surface area (Å²) >= 11 is 0. The maximum absolute atomic E-state index is 3.77. The van der Waals surface area contributed by atoms with E-state index in [0.29, 0.717) is 5.41 Å². The van der Waals surface area contributed by atoms with Crippen molar-refractivity contribution in [3.05, 3.63) is 18.4 Å². The van der Waals surface area contributed by atoms with Crippen molar-refractivity contribution in [2.45, 2.75) is 100 Å². The van der Waals surface area contributed by atoms with Crippen LogP contribution in [0.15, 0.2) is 18.4 Å². The van der Waals surface area contributed by atoms with E-state index in [0.717, 1.165) is 59.7 Å². The second kappa shape index (κ2) is 10.0. The van der Waals surface area contributed by atoms with Crippen molar-refractivity contribution >= 4 is 0 Å². The molecule has 2 fully saturated rings. The van der Waals surface area contributed by atoms with Crippen LogP contribution in [0.3, 0.4) is 0 Å². The van der Waals surface area contributed by atoms with Gasteiger partial charge in [0.15, 0.2) is 0 Å². The molecule has 9 unspecified atom stereocenters. The second-order valence-corrected chi connectivity index (χ2v) is 11.4. The van der Waals surface area contributed by atoms with Crippen molar-refractivity contribution in [3.63, 3.8) is 0 Å². The Kier molecular flexibility index (Phi) is 8.51. The predicted molar refractivity (Wildman–Crippen MR) is 125 cm³/mol. The Morgan fingerprint density at radius 2 is 1.75 bits per heavy atom. The van der Waals surface area contributed by atoms with Crippen LogP contribution in [0.5, 0.6) is 0 Å². The van der Waals surface area contributed by atoms with E-state index in [9.17, 15) is 0 Å². The lowest BCUT2D eigenvalue weighted by molar-refractivity contribution is -0.0952. The van der Waals surface area contributed by atoms with Gasteiger partial charge in [0, 0.05) is 0 Å². The van der Waals surface area contributed by atoms with Crippen molar-refractivity contribution in [2.24, 2.45) is 58.7 Å². The molecule has 9 atom stereocenters. The highest BCUT2D eigenvalue weighted by Crippen LogP contribution is 2.59. The van der Waals surface area contributed by atoms with Crippen LogP contribution in [0.2, 0.25) is 0 Å². The minimum absolute atomic E-state index is 0.467. The lowest BCUT2D eigenvalue weighted by Crippen LogP contribution is -2.51. The molecule has 0 radical (unpaired) electrons. The topological polar surface area (TPSA) is 0 Å². The van der Waals surface area contributed by atoms with Gasteiger partial charge in [-0.25, -0.2) is 0 Å². The Labute approximate surface area is 177 Å². The SMILES string of the molecule is C=C=CCC(C)C(C)CC1C(CC)CC2C(C)CCC(CC)C(C)(C)C1C2C. The van der Waals surface area contributed by atoms with Gasteiger partial charge in [-0.3, -0.25) is 0 Å². The zero-order chi connectivity index (χ0) is 21.1. The molecule has 28 heavy (non-hydrogen) atoms. The Morgan fingerprint density at radius 3 is 2.32 bits per heavy atom.